The number of aromatic nitrogens is 1. The number of benzene rings is 1. The zero-order chi connectivity index (χ0) is 17.4. The Morgan fingerprint density at radius 3 is 2.54 bits per heavy atom. The van der Waals surface area contributed by atoms with Gasteiger partial charge in [-0.3, -0.25) is 9.36 Å². The molecule has 2 N–H and O–H groups in total. The molecule has 0 radical (unpaired) electrons. The number of hydrogen-bond acceptors (Lipinski definition) is 4. The van der Waals surface area contributed by atoms with Crippen LogP contribution in [0.2, 0.25) is 0 Å². The first-order valence-electron chi connectivity index (χ1n) is 8.09. The first kappa shape index (κ1) is 16.3. The van der Waals surface area contributed by atoms with Gasteiger partial charge >= 0.3 is 0 Å². The minimum absolute atomic E-state index is 0.00127. The number of hydrogen-bond donors (Lipinski definition) is 1. The van der Waals surface area contributed by atoms with Crippen molar-refractivity contribution in [2.75, 3.05) is 5.73 Å². The van der Waals surface area contributed by atoms with E-state index in [-0.39, 0.29) is 24.1 Å². The number of nitrogens with zero attached hydrogens (tertiary/aromatic N) is 2. The zero-order valence-corrected chi connectivity index (χ0v) is 14.2. The number of nitriles is 1. The van der Waals surface area contributed by atoms with Gasteiger partial charge in [-0.1, -0.05) is 31.5 Å². The molecule has 1 aromatic carbocycles. The maximum atomic E-state index is 13.0. The molecule has 0 unspecified atom stereocenters. The molecule has 0 bridgehead atoms. The largest absolute Gasteiger partial charge is 0.384 e. The Labute approximate surface area is 141 Å². The Balaban J connectivity index is 2.23. The van der Waals surface area contributed by atoms with E-state index in [9.17, 15) is 10.1 Å². The molecule has 0 amide bonds. The van der Waals surface area contributed by atoms with Crippen LogP contribution in [0.5, 0.6) is 0 Å². The molecule has 2 aromatic rings. The van der Waals surface area contributed by atoms with Gasteiger partial charge in [0.1, 0.15) is 11.9 Å². The number of nitrogen functional groups attached to an aromatic ring is 1. The van der Waals surface area contributed by atoms with Gasteiger partial charge in [0.05, 0.1) is 24.0 Å². The zero-order valence-electron chi connectivity index (χ0n) is 14.2. The SMILES string of the molecule is Cc1ccc(-n2c(N)c(C#N)c3c(c2=O)CO[C@H](C(C)C)C3)cc1. The molecule has 0 saturated carbocycles. The van der Waals surface area contributed by atoms with Crippen molar-refractivity contribution in [3.63, 3.8) is 0 Å². The number of anilines is 1. The summed E-state index contributed by atoms with van der Waals surface area (Å²) in [6.45, 7) is 6.33. The fraction of sp³-hybridized carbons (Fsp3) is 0.368. The summed E-state index contributed by atoms with van der Waals surface area (Å²) in [6.07, 6.45) is 0.544. The Morgan fingerprint density at radius 1 is 1.29 bits per heavy atom. The fourth-order valence-electron chi connectivity index (χ4n) is 3.12. The van der Waals surface area contributed by atoms with Crippen molar-refractivity contribution >= 4 is 5.82 Å². The second kappa shape index (κ2) is 6.14. The van der Waals surface area contributed by atoms with Gasteiger partial charge in [-0.15, -0.1) is 0 Å². The van der Waals surface area contributed by atoms with Crippen LogP contribution in [0.3, 0.4) is 0 Å². The molecule has 0 aliphatic carbocycles. The first-order chi connectivity index (χ1) is 11.4. The molecular formula is C19H21N3O2. The second-order valence-corrected chi connectivity index (χ2v) is 6.60. The smallest absolute Gasteiger partial charge is 0.262 e. The molecule has 5 nitrogen and oxygen atoms in total. The van der Waals surface area contributed by atoms with E-state index in [0.29, 0.717) is 29.2 Å². The van der Waals surface area contributed by atoms with Crippen LogP contribution >= 0.6 is 0 Å². The molecule has 0 fully saturated rings. The monoisotopic (exact) mass is 323 g/mol. The molecule has 0 saturated heterocycles. The fourth-order valence-corrected chi connectivity index (χ4v) is 3.12. The topological polar surface area (TPSA) is 81.0 Å². The molecule has 1 aliphatic heterocycles. The average Bonchev–Trinajstić information content (AvgIpc) is 2.56. The molecular weight excluding hydrogens is 302 g/mol. The van der Waals surface area contributed by atoms with Gasteiger partial charge in [-0.2, -0.15) is 5.26 Å². The van der Waals surface area contributed by atoms with Crippen molar-refractivity contribution in [1.29, 1.82) is 5.26 Å². The number of rotatable bonds is 2. The second-order valence-electron chi connectivity index (χ2n) is 6.60. The van der Waals surface area contributed by atoms with E-state index >= 15 is 0 Å². The van der Waals surface area contributed by atoms with Crippen molar-refractivity contribution in [2.24, 2.45) is 5.92 Å². The highest BCUT2D eigenvalue weighted by Crippen LogP contribution is 2.29. The van der Waals surface area contributed by atoms with Crippen LogP contribution < -0.4 is 11.3 Å². The molecule has 0 spiro atoms. The lowest BCUT2D eigenvalue weighted by molar-refractivity contribution is -0.00117. The van der Waals surface area contributed by atoms with Crippen molar-refractivity contribution < 1.29 is 4.74 Å². The van der Waals surface area contributed by atoms with Gasteiger partial charge in [0.25, 0.3) is 5.56 Å². The normalized spacial score (nSPS) is 16.7. The average molecular weight is 323 g/mol. The number of fused-ring (bicyclic) bond motifs is 1. The molecule has 1 aliphatic rings. The summed E-state index contributed by atoms with van der Waals surface area (Å²) in [5.41, 5.74) is 9.43. The third kappa shape index (κ3) is 2.59. The number of ether oxygens (including phenoxy) is 1. The molecule has 2 heterocycles. The maximum absolute atomic E-state index is 13.0. The summed E-state index contributed by atoms with van der Waals surface area (Å²) >= 11 is 0. The van der Waals surface area contributed by atoms with Gasteiger partial charge in [-0.25, -0.2) is 0 Å². The van der Waals surface area contributed by atoms with Crippen LogP contribution in [0.25, 0.3) is 5.69 Å². The third-order valence-corrected chi connectivity index (χ3v) is 4.62. The summed E-state index contributed by atoms with van der Waals surface area (Å²) in [5.74, 6) is 0.514. The van der Waals surface area contributed by atoms with Crippen molar-refractivity contribution in [3.05, 3.63) is 56.9 Å². The van der Waals surface area contributed by atoms with Gasteiger partial charge in [0, 0.05) is 12.0 Å². The lowest BCUT2D eigenvalue weighted by atomic mass is 9.91. The van der Waals surface area contributed by atoms with E-state index in [1.807, 2.05) is 31.2 Å². The number of pyridine rings is 1. The molecule has 3 rings (SSSR count). The van der Waals surface area contributed by atoms with E-state index < -0.39 is 0 Å². The van der Waals surface area contributed by atoms with E-state index in [1.54, 1.807) is 0 Å². The molecule has 5 heteroatoms. The first-order valence-corrected chi connectivity index (χ1v) is 8.09. The maximum Gasteiger partial charge on any atom is 0.262 e. The predicted molar refractivity (Wildman–Crippen MR) is 93.0 cm³/mol. The van der Waals surface area contributed by atoms with E-state index in [0.717, 1.165) is 11.1 Å². The van der Waals surface area contributed by atoms with Crippen LogP contribution in [0.4, 0.5) is 5.82 Å². The quantitative estimate of drug-likeness (QED) is 0.921. The number of nitrogens with two attached hydrogens (primary N) is 1. The molecule has 1 aromatic heterocycles. The third-order valence-electron chi connectivity index (χ3n) is 4.62. The highest BCUT2D eigenvalue weighted by molar-refractivity contribution is 5.60. The lowest BCUT2D eigenvalue weighted by Crippen LogP contribution is -2.36. The Kier molecular flexibility index (Phi) is 4.16. The van der Waals surface area contributed by atoms with E-state index in [4.69, 9.17) is 10.5 Å². The highest BCUT2D eigenvalue weighted by atomic mass is 16.5. The van der Waals surface area contributed by atoms with Gasteiger partial charge < -0.3 is 10.5 Å². The van der Waals surface area contributed by atoms with E-state index in [1.165, 1.54) is 4.57 Å². The van der Waals surface area contributed by atoms with Crippen LogP contribution in [-0.2, 0) is 17.8 Å². The summed E-state index contributed by atoms with van der Waals surface area (Å²) in [7, 11) is 0. The van der Waals surface area contributed by atoms with Crippen LogP contribution in [0, 0.1) is 24.2 Å². The van der Waals surface area contributed by atoms with Crippen LogP contribution in [-0.4, -0.2) is 10.7 Å². The Bertz CT molecular complexity index is 873. The predicted octanol–water partition coefficient (Wildman–Crippen LogP) is 2.70. The van der Waals surface area contributed by atoms with Crippen molar-refractivity contribution in [2.45, 2.75) is 39.9 Å². The molecule has 24 heavy (non-hydrogen) atoms. The summed E-state index contributed by atoms with van der Waals surface area (Å²) in [5, 5.41) is 9.62. The van der Waals surface area contributed by atoms with Gasteiger partial charge in [-0.05, 0) is 30.5 Å². The summed E-state index contributed by atoms with van der Waals surface area (Å²) in [6, 6.07) is 9.69. The summed E-state index contributed by atoms with van der Waals surface area (Å²) < 4.78 is 7.25. The van der Waals surface area contributed by atoms with Gasteiger partial charge in [0.2, 0.25) is 0 Å². The standard InChI is InChI=1S/C19H21N3O2/c1-11(2)17-8-14-15(9-20)18(21)22(19(23)16(14)10-24-17)13-6-4-12(3)5-7-13/h4-7,11,17H,8,10,21H2,1-3H3/t17-/m0/s1. The minimum Gasteiger partial charge on any atom is -0.384 e. The van der Waals surface area contributed by atoms with Crippen LogP contribution in [0.15, 0.2) is 29.1 Å². The molecule has 124 valence electrons. The highest BCUT2D eigenvalue weighted by Gasteiger charge is 2.29. The lowest BCUT2D eigenvalue weighted by Gasteiger charge is -2.29. The van der Waals surface area contributed by atoms with Crippen molar-refractivity contribution in [3.8, 4) is 11.8 Å². The van der Waals surface area contributed by atoms with Gasteiger partial charge in [0.15, 0.2) is 0 Å². The minimum atomic E-state index is -0.201. The van der Waals surface area contributed by atoms with Crippen molar-refractivity contribution in [1.82, 2.24) is 4.57 Å². The molecule has 1 atom stereocenters. The summed E-state index contributed by atoms with van der Waals surface area (Å²) in [4.78, 5) is 13.0. The Hall–Kier alpha value is -2.58. The number of aryl methyl sites for hydroxylation is 1. The Morgan fingerprint density at radius 2 is 1.96 bits per heavy atom. The van der Waals surface area contributed by atoms with E-state index in [2.05, 4.69) is 19.9 Å². The van der Waals surface area contributed by atoms with Crippen LogP contribution in [0.1, 0.15) is 36.1 Å².